The third kappa shape index (κ3) is 4.74. The molecule has 1 saturated heterocycles. The Balaban J connectivity index is 1.76. The highest BCUT2D eigenvalue weighted by atomic mass is 16.2. The minimum Gasteiger partial charge on any atom is -0.350 e. The third-order valence-electron chi connectivity index (χ3n) is 3.65. The van der Waals surface area contributed by atoms with E-state index in [4.69, 9.17) is 5.26 Å². The Morgan fingerprint density at radius 2 is 1.95 bits per heavy atom. The molecular formula is C17H19N3O2. The van der Waals surface area contributed by atoms with Crippen LogP contribution in [0.4, 0.5) is 0 Å². The number of likely N-dealkylation sites (tertiary alicyclic amines) is 1. The van der Waals surface area contributed by atoms with E-state index in [1.54, 1.807) is 11.0 Å². The minimum atomic E-state index is -0.128. The van der Waals surface area contributed by atoms with Gasteiger partial charge in [0.15, 0.2) is 0 Å². The zero-order valence-corrected chi connectivity index (χ0v) is 12.4. The van der Waals surface area contributed by atoms with Gasteiger partial charge in [0.2, 0.25) is 11.8 Å². The molecule has 1 heterocycles. The molecule has 2 rings (SSSR count). The van der Waals surface area contributed by atoms with Gasteiger partial charge in [-0.25, -0.2) is 0 Å². The second-order valence-corrected chi connectivity index (χ2v) is 5.24. The summed E-state index contributed by atoms with van der Waals surface area (Å²) in [6.07, 6.45) is 4.68. The standard InChI is InChI=1S/C17H19N3O2/c18-11-8-17(22)20-12-9-15(10-13-20)19-16(21)7-6-14-4-2-1-3-5-14/h1-7,15H,8-10,12-13H2,(H,19,21)/b7-6+. The van der Waals surface area contributed by atoms with Crippen LogP contribution in [0.15, 0.2) is 36.4 Å². The van der Waals surface area contributed by atoms with Crippen LogP contribution >= 0.6 is 0 Å². The molecule has 0 aromatic heterocycles. The average Bonchev–Trinajstić information content (AvgIpc) is 2.55. The molecule has 1 aromatic carbocycles. The van der Waals surface area contributed by atoms with Crippen molar-refractivity contribution in [1.82, 2.24) is 10.2 Å². The highest BCUT2D eigenvalue weighted by Crippen LogP contribution is 2.11. The van der Waals surface area contributed by atoms with Crippen molar-refractivity contribution in [3.63, 3.8) is 0 Å². The predicted molar refractivity (Wildman–Crippen MR) is 83.5 cm³/mol. The van der Waals surface area contributed by atoms with Crippen molar-refractivity contribution < 1.29 is 9.59 Å². The first-order chi connectivity index (χ1) is 10.7. The number of amides is 2. The second kappa shape index (κ2) is 7.99. The Morgan fingerprint density at radius 3 is 2.59 bits per heavy atom. The van der Waals surface area contributed by atoms with Crippen LogP contribution in [-0.4, -0.2) is 35.8 Å². The number of piperidine rings is 1. The normalized spacial score (nSPS) is 15.5. The van der Waals surface area contributed by atoms with Gasteiger partial charge in [0.05, 0.1) is 6.07 Å². The van der Waals surface area contributed by atoms with E-state index in [1.165, 1.54) is 6.08 Å². The first kappa shape index (κ1) is 15.8. The number of nitrogens with one attached hydrogen (secondary N) is 1. The Labute approximate surface area is 130 Å². The van der Waals surface area contributed by atoms with Crippen molar-refractivity contribution in [2.24, 2.45) is 0 Å². The SMILES string of the molecule is N#CCC(=O)N1CCC(NC(=O)/C=C/c2ccccc2)CC1. The molecule has 5 nitrogen and oxygen atoms in total. The number of nitriles is 1. The molecule has 0 bridgehead atoms. The number of rotatable bonds is 4. The summed E-state index contributed by atoms with van der Waals surface area (Å²) in [7, 11) is 0. The van der Waals surface area contributed by atoms with E-state index in [1.807, 2.05) is 36.4 Å². The molecule has 0 radical (unpaired) electrons. The molecule has 0 atom stereocenters. The lowest BCUT2D eigenvalue weighted by atomic mass is 10.0. The first-order valence-electron chi connectivity index (χ1n) is 7.37. The van der Waals surface area contributed by atoms with Crippen LogP contribution in [0.1, 0.15) is 24.8 Å². The van der Waals surface area contributed by atoms with E-state index < -0.39 is 0 Å². The van der Waals surface area contributed by atoms with Crippen LogP contribution < -0.4 is 5.32 Å². The van der Waals surface area contributed by atoms with Crippen molar-refractivity contribution in [3.8, 4) is 6.07 Å². The number of hydrogen-bond acceptors (Lipinski definition) is 3. The van der Waals surface area contributed by atoms with Gasteiger partial charge in [-0.1, -0.05) is 30.3 Å². The number of nitrogens with zero attached hydrogens (tertiary/aromatic N) is 2. The van der Waals surface area contributed by atoms with Gasteiger partial charge in [0, 0.05) is 25.2 Å². The summed E-state index contributed by atoms with van der Waals surface area (Å²) in [4.78, 5) is 25.2. The average molecular weight is 297 g/mol. The van der Waals surface area contributed by atoms with Crippen LogP contribution in [-0.2, 0) is 9.59 Å². The Kier molecular flexibility index (Phi) is 5.73. The van der Waals surface area contributed by atoms with Crippen molar-refractivity contribution >= 4 is 17.9 Å². The monoisotopic (exact) mass is 297 g/mol. The summed E-state index contributed by atoms with van der Waals surface area (Å²) in [5, 5.41) is 11.5. The lowest BCUT2D eigenvalue weighted by Crippen LogP contribution is -2.46. The quantitative estimate of drug-likeness (QED) is 0.860. The van der Waals surface area contributed by atoms with Crippen molar-refractivity contribution in [2.45, 2.75) is 25.3 Å². The van der Waals surface area contributed by atoms with Gasteiger partial charge in [-0.15, -0.1) is 0 Å². The molecule has 0 unspecified atom stereocenters. The Bertz CT molecular complexity index is 582. The maximum atomic E-state index is 11.9. The van der Waals surface area contributed by atoms with Crippen LogP contribution in [0.25, 0.3) is 6.08 Å². The van der Waals surface area contributed by atoms with E-state index in [-0.39, 0.29) is 24.3 Å². The summed E-state index contributed by atoms with van der Waals surface area (Å²) in [5.41, 5.74) is 0.981. The molecule has 0 spiro atoms. The molecule has 0 aliphatic carbocycles. The number of benzene rings is 1. The maximum Gasteiger partial charge on any atom is 0.244 e. The van der Waals surface area contributed by atoms with E-state index in [0.717, 1.165) is 18.4 Å². The molecule has 2 amide bonds. The van der Waals surface area contributed by atoms with E-state index in [0.29, 0.717) is 13.1 Å². The van der Waals surface area contributed by atoms with Crippen molar-refractivity contribution in [2.75, 3.05) is 13.1 Å². The molecule has 1 fully saturated rings. The third-order valence-corrected chi connectivity index (χ3v) is 3.65. The second-order valence-electron chi connectivity index (χ2n) is 5.24. The zero-order chi connectivity index (χ0) is 15.8. The van der Waals surface area contributed by atoms with Gasteiger partial charge in [0.25, 0.3) is 0 Å². The van der Waals surface area contributed by atoms with Crippen LogP contribution in [0.5, 0.6) is 0 Å². The molecule has 1 aliphatic rings. The smallest absolute Gasteiger partial charge is 0.244 e. The van der Waals surface area contributed by atoms with Crippen LogP contribution in [0, 0.1) is 11.3 Å². The Morgan fingerprint density at radius 1 is 1.27 bits per heavy atom. The molecule has 0 saturated carbocycles. The molecular weight excluding hydrogens is 278 g/mol. The minimum absolute atomic E-state index is 0.0726. The Hall–Kier alpha value is -2.61. The largest absolute Gasteiger partial charge is 0.350 e. The highest BCUT2D eigenvalue weighted by molar-refractivity contribution is 5.91. The number of carbonyl (C=O) groups excluding carboxylic acids is 2. The van der Waals surface area contributed by atoms with E-state index in [2.05, 4.69) is 5.32 Å². The van der Waals surface area contributed by atoms with Gasteiger partial charge in [-0.3, -0.25) is 9.59 Å². The molecule has 5 heteroatoms. The summed E-state index contributed by atoms with van der Waals surface area (Å²) >= 11 is 0. The summed E-state index contributed by atoms with van der Waals surface area (Å²) in [6.45, 7) is 1.18. The number of hydrogen-bond donors (Lipinski definition) is 1. The molecule has 1 aromatic rings. The maximum absolute atomic E-state index is 11.9. The van der Waals surface area contributed by atoms with Crippen molar-refractivity contribution in [3.05, 3.63) is 42.0 Å². The molecule has 114 valence electrons. The summed E-state index contributed by atoms with van der Waals surface area (Å²) in [6, 6.07) is 11.6. The van der Waals surface area contributed by atoms with Gasteiger partial charge < -0.3 is 10.2 Å². The lowest BCUT2D eigenvalue weighted by molar-refractivity contribution is -0.131. The summed E-state index contributed by atoms with van der Waals surface area (Å²) < 4.78 is 0. The van der Waals surface area contributed by atoms with E-state index in [9.17, 15) is 9.59 Å². The zero-order valence-electron chi connectivity index (χ0n) is 12.4. The van der Waals surface area contributed by atoms with Gasteiger partial charge in [-0.2, -0.15) is 5.26 Å². The van der Waals surface area contributed by atoms with E-state index >= 15 is 0 Å². The van der Waals surface area contributed by atoms with Gasteiger partial charge in [0.1, 0.15) is 6.42 Å². The highest BCUT2D eigenvalue weighted by Gasteiger charge is 2.22. The molecule has 1 aliphatic heterocycles. The fourth-order valence-corrected chi connectivity index (χ4v) is 2.44. The molecule has 1 N–H and O–H groups in total. The van der Waals surface area contributed by atoms with Crippen LogP contribution in [0.2, 0.25) is 0 Å². The van der Waals surface area contributed by atoms with Crippen LogP contribution in [0.3, 0.4) is 0 Å². The lowest BCUT2D eigenvalue weighted by Gasteiger charge is -2.31. The topological polar surface area (TPSA) is 73.2 Å². The first-order valence-corrected chi connectivity index (χ1v) is 7.37. The van der Waals surface area contributed by atoms with Crippen molar-refractivity contribution in [1.29, 1.82) is 5.26 Å². The fraction of sp³-hybridized carbons (Fsp3) is 0.353. The summed E-state index contributed by atoms with van der Waals surface area (Å²) in [5.74, 6) is -0.248. The number of carbonyl (C=O) groups is 2. The molecule has 22 heavy (non-hydrogen) atoms. The van der Waals surface area contributed by atoms with Gasteiger partial charge in [-0.05, 0) is 24.5 Å². The fourth-order valence-electron chi connectivity index (χ4n) is 2.44. The van der Waals surface area contributed by atoms with Gasteiger partial charge >= 0.3 is 0 Å². The predicted octanol–water partition coefficient (Wildman–Crippen LogP) is 1.72.